The standard InChI is InChI=1S/C14H17F2NO3/c1-9-6-7-17(11(9)8-18)13(19)10-4-2-3-5-12(10)20-14(15)16/h2-5,9,11,14,18H,6-8H2,1H3. The summed E-state index contributed by atoms with van der Waals surface area (Å²) in [6, 6.07) is 5.65. The molecule has 1 fully saturated rings. The van der Waals surface area contributed by atoms with Crippen molar-refractivity contribution in [3.63, 3.8) is 0 Å². The second-order valence-corrected chi connectivity index (χ2v) is 4.89. The third kappa shape index (κ3) is 2.90. The largest absolute Gasteiger partial charge is 0.434 e. The summed E-state index contributed by atoms with van der Waals surface area (Å²) < 4.78 is 29.1. The van der Waals surface area contributed by atoms with Crippen LogP contribution in [0.15, 0.2) is 24.3 Å². The minimum atomic E-state index is -2.98. The maximum absolute atomic E-state index is 12.5. The molecule has 1 amide bonds. The molecule has 2 rings (SSSR count). The lowest BCUT2D eigenvalue weighted by Gasteiger charge is -2.26. The van der Waals surface area contributed by atoms with Crippen molar-refractivity contribution < 1.29 is 23.4 Å². The fraction of sp³-hybridized carbons (Fsp3) is 0.500. The lowest BCUT2D eigenvalue weighted by molar-refractivity contribution is -0.0503. The third-order valence-electron chi connectivity index (χ3n) is 3.66. The Bertz CT molecular complexity index is 481. The van der Waals surface area contributed by atoms with Gasteiger partial charge in [-0.2, -0.15) is 8.78 Å². The van der Waals surface area contributed by atoms with Crippen LogP contribution in [0.5, 0.6) is 5.75 Å². The number of ether oxygens (including phenoxy) is 1. The molecule has 20 heavy (non-hydrogen) atoms. The molecule has 1 N–H and O–H groups in total. The van der Waals surface area contributed by atoms with Crippen molar-refractivity contribution in [1.29, 1.82) is 0 Å². The lowest BCUT2D eigenvalue weighted by atomic mass is 10.0. The summed E-state index contributed by atoms with van der Waals surface area (Å²) in [5.74, 6) is -0.333. The van der Waals surface area contributed by atoms with E-state index in [1.807, 2.05) is 6.92 Å². The number of carbonyl (C=O) groups is 1. The molecular formula is C14H17F2NO3. The first-order valence-electron chi connectivity index (χ1n) is 6.50. The van der Waals surface area contributed by atoms with E-state index in [0.717, 1.165) is 6.42 Å². The van der Waals surface area contributed by atoms with Gasteiger partial charge >= 0.3 is 6.61 Å². The van der Waals surface area contributed by atoms with Crippen molar-refractivity contribution >= 4 is 5.91 Å². The van der Waals surface area contributed by atoms with Gasteiger partial charge in [0.05, 0.1) is 18.2 Å². The van der Waals surface area contributed by atoms with E-state index in [1.54, 1.807) is 6.07 Å². The summed E-state index contributed by atoms with van der Waals surface area (Å²) in [5, 5.41) is 9.37. The highest BCUT2D eigenvalue weighted by Gasteiger charge is 2.35. The number of aliphatic hydroxyl groups is 1. The van der Waals surface area contributed by atoms with E-state index in [4.69, 9.17) is 0 Å². The normalized spacial score (nSPS) is 22.4. The van der Waals surface area contributed by atoms with Gasteiger partial charge in [0.25, 0.3) is 5.91 Å². The Morgan fingerprint density at radius 2 is 2.20 bits per heavy atom. The molecule has 1 saturated heterocycles. The number of nitrogens with zero attached hydrogens (tertiary/aromatic N) is 1. The summed E-state index contributed by atoms with van der Waals surface area (Å²) in [5.41, 5.74) is 0.0975. The topological polar surface area (TPSA) is 49.8 Å². The van der Waals surface area contributed by atoms with Crippen LogP contribution in [0, 0.1) is 5.92 Å². The number of para-hydroxylation sites is 1. The first-order valence-corrected chi connectivity index (χ1v) is 6.50. The van der Waals surface area contributed by atoms with Crippen molar-refractivity contribution in [2.75, 3.05) is 13.2 Å². The first-order chi connectivity index (χ1) is 9.54. The highest BCUT2D eigenvalue weighted by atomic mass is 19.3. The summed E-state index contributed by atoms with van der Waals surface area (Å²) in [4.78, 5) is 14.0. The third-order valence-corrected chi connectivity index (χ3v) is 3.66. The Morgan fingerprint density at radius 3 is 2.85 bits per heavy atom. The molecule has 1 aromatic carbocycles. The maximum Gasteiger partial charge on any atom is 0.387 e. The van der Waals surface area contributed by atoms with Crippen LogP contribution in [0.1, 0.15) is 23.7 Å². The van der Waals surface area contributed by atoms with Crippen molar-refractivity contribution in [3.05, 3.63) is 29.8 Å². The van der Waals surface area contributed by atoms with Crippen molar-refractivity contribution in [2.45, 2.75) is 26.0 Å². The van der Waals surface area contributed by atoms with Crippen molar-refractivity contribution in [1.82, 2.24) is 4.90 Å². The Kier molecular flexibility index (Phi) is 4.54. The molecule has 0 spiro atoms. The molecule has 0 aliphatic carbocycles. The van der Waals surface area contributed by atoms with E-state index in [1.165, 1.54) is 23.1 Å². The SMILES string of the molecule is CC1CCN(C(=O)c2ccccc2OC(F)F)C1CO. The highest BCUT2D eigenvalue weighted by Crippen LogP contribution is 2.28. The zero-order chi connectivity index (χ0) is 14.7. The van der Waals surface area contributed by atoms with Gasteiger partial charge in [-0.3, -0.25) is 4.79 Å². The molecule has 4 nitrogen and oxygen atoms in total. The molecule has 1 aromatic rings. The van der Waals surface area contributed by atoms with E-state index in [2.05, 4.69) is 4.74 Å². The summed E-state index contributed by atoms with van der Waals surface area (Å²) in [6.07, 6.45) is 0.787. The minimum Gasteiger partial charge on any atom is -0.434 e. The van der Waals surface area contributed by atoms with Crippen molar-refractivity contribution in [2.24, 2.45) is 5.92 Å². The fourth-order valence-corrected chi connectivity index (χ4v) is 2.54. The second kappa shape index (κ2) is 6.17. The van der Waals surface area contributed by atoms with Gasteiger partial charge in [0.2, 0.25) is 0 Å². The second-order valence-electron chi connectivity index (χ2n) is 4.89. The van der Waals surface area contributed by atoms with Crippen LogP contribution in [-0.2, 0) is 0 Å². The van der Waals surface area contributed by atoms with E-state index in [0.29, 0.717) is 6.54 Å². The van der Waals surface area contributed by atoms with Gasteiger partial charge in [0.1, 0.15) is 5.75 Å². The Morgan fingerprint density at radius 1 is 1.50 bits per heavy atom. The molecule has 0 saturated carbocycles. The maximum atomic E-state index is 12.5. The average Bonchev–Trinajstić information content (AvgIpc) is 2.79. The minimum absolute atomic E-state index is 0.0975. The Hall–Kier alpha value is -1.69. The lowest BCUT2D eigenvalue weighted by Crippen LogP contribution is -2.40. The van der Waals surface area contributed by atoms with Gasteiger partial charge in [0.15, 0.2) is 0 Å². The van der Waals surface area contributed by atoms with E-state index in [9.17, 15) is 18.7 Å². The quantitative estimate of drug-likeness (QED) is 0.922. The molecule has 1 aliphatic heterocycles. The molecule has 2 atom stereocenters. The Labute approximate surface area is 116 Å². The molecule has 110 valence electrons. The summed E-state index contributed by atoms with van der Waals surface area (Å²) in [6.45, 7) is -0.649. The number of amides is 1. The van der Waals surface area contributed by atoms with Crippen LogP contribution < -0.4 is 4.74 Å². The number of benzene rings is 1. The van der Waals surface area contributed by atoms with Crippen LogP contribution in [0.25, 0.3) is 0 Å². The van der Waals surface area contributed by atoms with Crippen LogP contribution in [0.2, 0.25) is 0 Å². The van der Waals surface area contributed by atoms with Crippen LogP contribution in [-0.4, -0.2) is 41.7 Å². The van der Waals surface area contributed by atoms with Crippen LogP contribution in [0.4, 0.5) is 8.78 Å². The Balaban J connectivity index is 2.25. The van der Waals surface area contributed by atoms with E-state index in [-0.39, 0.29) is 35.8 Å². The highest BCUT2D eigenvalue weighted by molar-refractivity contribution is 5.97. The first kappa shape index (κ1) is 14.7. The number of likely N-dealkylation sites (tertiary alicyclic amines) is 1. The molecule has 0 bridgehead atoms. The number of hydrogen-bond donors (Lipinski definition) is 1. The molecule has 6 heteroatoms. The number of aliphatic hydroxyl groups excluding tert-OH is 1. The number of carbonyl (C=O) groups excluding carboxylic acids is 1. The summed E-state index contributed by atoms with van der Waals surface area (Å²) in [7, 11) is 0. The number of halogens is 2. The predicted octanol–water partition coefficient (Wildman–Crippen LogP) is 2.13. The van der Waals surface area contributed by atoms with Gasteiger partial charge in [0, 0.05) is 6.54 Å². The van der Waals surface area contributed by atoms with Gasteiger partial charge in [-0.15, -0.1) is 0 Å². The zero-order valence-electron chi connectivity index (χ0n) is 11.1. The fourth-order valence-electron chi connectivity index (χ4n) is 2.54. The molecule has 0 aromatic heterocycles. The van der Waals surface area contributed by atoms with Crippen molar-refractivity contribution in [3.8, 4) is 5.75 Å². The number of hydrogen-bond acceptors (Lipinski definition) is 3. The summed E-state index contributed by atoms with van der Waals surface area (Å²) >= 11 is 0. The smallest absolute Gasteiger partial charge is 0.387 e. The van der Waals surface area contributed by atoms with Crippen LogP contribution >= 0.6 is 0 Å². The molecular weight excluding hydrogens is 268 g/mol. The average molecular weight is 285 g/mol. The number of alkyl halides is 2. The zero-order valence-corrected chi connectivity index (χ0v) is 11.1. The van der Waals surface area contributed by atoms with Crippen LogP contribution in [0.3, 0.4) is 0 Å². The van der Waals surface area contributed by atoms with Gasteiger partial charge < -0.3 is 14.7 Å². The molecule has 1 heterocycles. The van der Waals surface area contributed by atoms with E-state index >= 15 is 0 Å². The number of rotatable bonds is 4. The van der Waals surface area contributed by atoms with Gasteiger partial charge in [-0.1, -0.05) is 19.1 Å². The molecule has 0 radical (unpaired) electrons. The van der Waals surface area contributed by atoms with Gasteiger partial charge in [-0.25, -0.2) is 0 Å². The van der Waals surface area contributed by atoms with Gasteiger partial charge in [-0.05, 0) is 24.5 Å². The predicted molar refractivity (Wildman–Crippen MR) is 68.8 cm³/mol. The monoisotopic (exact) mass is 285 g/mol. The van der Waals surface area contributed by atoms with E-state index < -0.39 is 6.61 Å². The molecule has 1 aliphatic rings. The molecule has 2 unspecified atom stereocenters.